The Morgan fingerprint density at radius 3 is 2.44 bits per heavy atom. The summed E-state index contributed by atoms with van der Waals surface area (Å²) in [6.07, 6.45) is 3.92. The summed E-state index contributed by atoms with van der Waals surface area (Å²) in [6.45, 7) is 4.35. The molecule has 0 aliphatic carbocycles. The van der Waals surface area contributed by atoms with Crippen LogP contribution in [-0.4, -0.2) is 23.7 Å². The summed E-state index contributed by atoms with van der Waals surface area (Å²) in [5.74, 6) is -0.717. The monoisotopic (exact) mass is 269 g/mol. The van der Waals surface area contributed by atoms with Gasteiger partial charge in [0.15, 0.2) is 0 Å². The molecule has 0 saturated heterocycles. The molecule has 18 heavy (non-hydrogen) atoms. The number of hydrogen-bond acceptors (Lipinski definition) is 2. The third-order valence-electron chi connectivity index (χ3n) is 2.50. The molecule has 0 heterocycles. The number of benzene rings is 1. The highest BCUT2D eigenvalue weighted by Gasteiger charge is 2.19. The number of nitrogens with one attached hydrogen (secondary N) is 1. The van der Waals surface area contributed by atoms with Crippen molar-refractivity contribution in [1.82, 2.24) is 5.32 Å². The lowest BCUT2D eigenvalue weighted by molar-refractivity contribution is -0.140. The highest BCUT2D eigenvalue weighted by molar-refractivity contribution is 5.85. The summed E-state index contributed by atoms with van der Waals surface area (Å²) in [5.41, 5.74) is 1.12. The van der Waals surface area contributed by atoms with Crippen LogP contribution in [0.4, 0.5) is 0 Å². The second kappa shape index (κ2) is 8.72. The van der Waals surface area contributed by atoms with Crippen LogP contribution in [0.2, 0.25) is 0 Å². The minimum absolute atomic E-state index is 0. The van der Waals surface area contributed by atoms with Crippen molar-refractivity contribution < 1.29 is 9.90 Å². The summed E-state index contributed by atoms with van der Waals surface area (Å²) in [5, 5.41) is 12.0. The van der Waals surface area contributed by atoms with Gasteiger partial charge in [0.25, 0.3) is 0 Å². The average molecular weight is 270 g/mol. The van der Waals surface area contributed by atoms with Crippen molar-refractivity contribution in [2.24, 2.45) is 5.92 Å². The third kappa shape index (κ3) is 5.84. The summed E-state index contributed by atoms with van der Waals surface area (Å²) < 4.78 is 0. The van der Waals surface area contributed by atoms with E-state index in [1.54, 1.807) is 0 Å². The molecule has 0 spiro atoms. The molecule has 0 radical (unpaired) electrons. The van der Waals surface area contributed by atoms with Crippen molar-refractivity contribution >= 4 is 24.5 Å². The van der Waals surface area contributed by atoms with Crippen LogP contribution in [0.5, 0.6) is 0 Å². The van der Waals surface area contributed by atoms with Crippen LogP contribution in [0.3, 0.4) is 0 Å². The number of rotatable bonds is 6. The van der Waals surface area contributed by atoms with Crippen molar-refractivity contribution in [3.8, 4) is 0 Å². The van der Waals surface area contributed by atoms with Crippen molar-refractivity contribution in [3.05, 3.63) is 42.0 Å². The van der Waals surface area contributed by atoms with E-state index < -0.39 is 12.0 Å². The first-order chi connectivity index (χ1) is 8.11. The fourth-order valence-electron chi connectivity index (χ4n) is 1.56. The van der Waals surface area contributed by atoms with Crippen LogP contribution in [-0.2, 0) is 4.79 Å². The van der Waals surface area contributed by atoms with Gasteiger partial charge in [-0.25, -0.2) is 0 Å². The molecule has 1 aromatic rings. The van der Waals surface area contributed by atoms with E-state index in [0.717, 1.165) is 5.56 Å². The SMILES string of the molecule is CC(C)C(NCC=Cc1ccccc1)C(=O)O.Cl. The molecule has 4 heteroatoms. The van der Waals surface area contributed by atoms with Gasteiger partial charge in [-0.3, -0.25) is 4.79 Å². The number of halogens is 1. The van der Waals surface area contributed by atoms with Crippen LogP contribution in [0.1, 0.15) is 19.4 Å². The smallest absolute Gasteiger partial charge is 0.320 e. The van der Waals surface area contributed by atoms with Gasteiger partial charge in [0.1, 0.15) is 6.04 Å². The lowest BCUT2D eigenvalue weighted by Gasteiger charge is -2.16. The summed E-state index contributed by atoms with van der Waals surface area (Å²) >= 11 is 0. The Hall–Kier alpha value is -1.32. The molecule has 1 aromatic carbocycles. The fraction of sp³-hybridized carbons (Fsp3) is 0.357. The van der Waals surface area contributed by atoms with Gasteiger partial charge in [-0.05, 0) is 11.5 Å². The largest absolute Gasteiger partial charge is 0.480 e. The topological polar surface area (TPSA) is 49.3 Å². The van der Waals surface area contributed by atoms with Gasteiger partial charge in [0, 0.05) is 6.54 Å². The van der Waals surface area contributed by atoms with Gasteiger partial charge in [-0.1, -0.05) is 56.3 Å². The fourth-order valence-corrected chi connectivity index (χ4v) is 1.56. The molecule has 1 unspecified atom stereocenters. The number of hydrogen-bond donors (Lipinski definition) is 2. The van der Waals surface area contributed by atoms with E-state index in [0.29, 0.717) is 6.54 Å². The van der Waals surface area contributed by atoms with E-state index in [-0.39, 0.29) is 18.3 Å². The molecule has 0 saturated carbocycles. The molecule has 0 aliphatic rings. The van der Waals surface area contributed by atoms with Gasteiger partial charge in [-0.15, -0.1) is 12.4 Å². The quantitative estimate of drug-likeness (QED) is 0.835. The van der Waals surface area contributed by atoms with E-state index in [4.69, 9.17) is 5.11 Å². The highest BCUT2D eigenvalue weighted by Crippen LogP contribution is 2.02. The average Bonchev–Trinajstić information content (AvgIpc) is 2.29. The van der Waals surface area contributed by atoms with E-state index in [9.17, 15) is 4.79 Å². The first-order valence-corrected chi connectivity index (χ1v) is 5.79. The standard InChI is InChI=1S/C14H19NO2.ClH/c1-11(2)13(14(16)17)15-10-6-9-12-7-4-3-5-8-12;/h3-9,11,13,15H,10H2,1-2H3,(H,16,17);1H. The molecule has 100 valence electrons. The predicted octanol–water partition coefficient (Wildman–Crippen LogP) is 2.82. The second-order valence-corrected chi connectivity index (χ2v) is 4.28. The third-order valence-corrected chi connectivity index (χ3v) is 2.50. The van der Waals surface area contributed by atoms with E-state index >= 15 is 0 Å². The molecule has 1 rings (SSSR count). The van der Waals surface area contributed by atoms with Crippen LogP contribution >= 0.6 is 12.4 Å². The summed E-state index contributed by atoms with van der Waals surface area (Å²) in [7, 11) is 0. The van der Waals surface area contributed by atoms with Gasteiger partial charge < -0.3 is 10.4 Å². The Kier molecular flexibility index (Phi) is 8.08. The second-order valence-electron chi connectivity index (χ2n) is 4.28. The van der Waals surface area contributed by atoms with E-state index in [2.05, 4.69) is 5.32 Å². The van der Waals surface area contributed by atoms with Crippen LogP contribution in [0, 0.1) is 5.92 Å². The van der Waals surface area contributed by atoms with Crippen molar-refractivity contribution in [1.29, 1.82) is 0 Å². The molecule has 0 bridgehead atoms. The first kappa shape index (κ1) is 16.7. The van der Waals surface area contributed by atoms with Gasteiger partial charge in [0.2, 0.25) is 0 Å². The van der Waals surface area contributed by atoms with Crippen LogP contribution in [0.25, 0.3) is 6.08 Å². The molecule has 0 fully saturated rings. The van der Waals surface area contributed by atoms with Crippen molar-refractivity contribution in [2.45, 2.75) is 19.9 Å². The zero-order valence-corrected chi connectivity index (χ0v) is 11.5. The minimum atomic E-state index is -0.798. The van der Waals surface area contributed by atoms with Gasteiger partial charge >= 0.3 is 5.97 Å². The molecule has 3 nitrogen and oxygen atoms in total. The minimum Gasteiger partial charge on any atom is -0.480 e. The Labute approximate surface area is 114 Å². The normalized spacial score (nSPS) is 12.4. The number of carbonyl (C=O) groups is 1. The van der Waals surface area contributed by atoms with Crippen LogP contribution < -0.4 is 5.32 Å². The Bertz CT molecular complexity index is 377. The number of carboxylic acids is 1. The zero-order chi connectivity index (χ0) is 12.7. The maximum absolute atomic E-state index is 10.9. The first-order valence-electron chi connectivity index (χ1n) is 5.79. The maximum Gasteiger partial charge on any atom is 0.320 e. The van der Waals surface area contributed by atoms with Crippen molar-refractivity contribution in [2.75, 3.05) is 6.54 Å². The lowest BCUT2D eigenvalue weighted by atomic mass is 10.1. The van der Waals surface area contributed by atoms with Gasteiger partial charge in [0.05, 0.1) is 0 Å². The summed E-state index contributed by atoms with van der Waals surface area (Å²) in [4.78, 5) is 10.9. The Balaban J connectivity index is 0.00000289. The highest BCUT2D eigenvalue weighted by atomic mass is 35.5. The summed E-state index contributed by atoms with van der Waals surface area (Å²) in [6, 6.07) is 9.44. The molecule has 1 atom stereocenters. The Morgan fingerprint density at radius 1 is 1.33 bits per heavy atom. The maximum atomic E-state index is 10.9. The van der Waals surface area contributed by atoms with Crippen molar-refractivity contribution in [3.63, 3.8) is 0 Å². The number of aliphatic carboxylic acids is 1. The van der Waals surface area contributed by atoms with Crippen LogP contribution in [0.15, 0.2) is 36.4 Å². The number of carboxylic acid groups (broad SMARTS) is 1. The molecule has 2 N–H and O–H groups in total. The molecule has 0 amide bonds. The molecule has 0 aliphatic heterocycles. The van der Waals surface area contributed by atoms with Gasteiger partial charge in [-0.2, -0.15) is 0 Å². The molecular weight excluding hydrogens is 250 g/mol. The zero-order valence-electron chi connectivity index (χ0n) is 10.7. The van der Waals surface area contributed by atoms with E-state index in [1.807, 2.05) is 56.3 Å². The Morgan fingerprint density at radius 2 is 1.94 bits per heavy atom. The predicted molar refractivity (Wildman–Crippen MR) is 77.0 cm³/mol. The lowest BCUT2D eigenvalue weighted by Crippen LogP contribution is -2.40. The van der Waals surface area contributed by atoms with E-state index in [1.165, 1.54) is 0 Å². The molecule has 0 aromatic heterocycles. The molecular formula is C14H20ClNO2.